The minimum absolute atomic E-state index is 0.000833. The van der Waals surface area contributed by atoms with Crippen LogP contribution >= 0.6 is 7.67 Å². The lowest BCUT2D eigenvalue weighted by molar-refractivity contribution is -0.154. The van der Waals surface area contributed by atoms with E-state index in [1.54, 1.807) is 0 Å². The molecule has 0 aromatic carbocycles. The van der Waals surface area contributed by atoms with Gasteiger partial charge in [0, 0.05) is 6.42 Å². The maximum Gasteiger partial charge on any atom is 0.395 e. The fraction of sp³-hybridized carbons (Fsp3) is 0.667. The molecule has 0 fully saturated rings. The summed E-state index contributed by atoms with van der Waals surface area (Å²) >= 11 is 0. The quantitative estimate of drug-likeness (QED) is 0.378. The Morgan fingerprint density at radius 3 is 2.26 bits per heavy atom. The van der Waals surface area contributed by atoms with Gasteiger partial charge in [0.1, 0.15) is 18.5 Å². The smallest absolute Gasteiger partial charge is 0.395 e. The summed E-state index contributed by atoms with van der Waals surface area (Å²) in [6.07, 6.45) is -3.27. The van der Waals surface area contributed by atoms with Crippen LogP contribution in [0.5, 0.6) is 0 Å². The van der Waals surface area contributed by atoms with Gasteiger partial charge in [0.2, 0.25) is 0 Å². The third-order valence-corrected chi connectivity index (χ3v) is 6.03. The van der Waals surface area contributed by atoms with Crippen molar-refractivity contribution in [3.05, 3.63) is 11.5 Å². The first-order valence-electron chi connectivity index (χ1n) is 8.02. The van der Waals surface area contributed by atoms with E-state index in [4.69, 9.17) is 14.0 Å². The van der Waals surface area contributed by atoms with E-state index >= 15 is 0 Å². The molecule has 0 radical (unpaired) electrons. The molecule has 0 aliphatic carbocycles. The first-order valence-corrected chi connectivity index (χ1v) is 9.55. The molecule has 0 aromatic heterocycles. The summed E-state index contributed by atoms with van der Waals surface area (Å²) in [4.78, 5) is 34.3. The van der Waals surface area contributed by atoms with Crippen molar-refractivity contribution in [1.29, 1.82) is 0 Å². The fourth-order valence-corrected chi connectivity index (χ4v) is 3.51. The predicted molar refractivity (Wildman–Crippen MR) is 92.5 cm³/mol. The number of hydrogen-bond donors (Lipinski definition) is 2. The van der Waals surface area contributed by atoms with Gasteiger partial charge in [0.05, 0.1) is 6.42 Å². The molecular weight excluding hydrogens is 383 g/mol. The van der Waals surface area contributed by atoms with Crippen LogP contribution in [0, 0.1) is 0 Å². The van der Waals surface area contributed by atoms with Crippen molar-refractivity contribution in [2.45, 2.75) is 32.0 Å². The summed E-state index contributed by atoms with van der Waals surface area (Å²) in [5, 5.41) is 20.2. The van der Waals surface area contributed by atoms with Gasteiger partial charge in [-0.3, -0.25) is 4.79 Å². The highest BCUT2D eigenvalue weighted by Gasteiger charge is 2.45. The van der Waals surface area contributed by atoms with E-state index < -0.39 is 49.9 Å². The van der Waals surface area contributed by atoms with E-state index in [1.807, 2.05) is 0 Å². The third kappa shape index (κ3) is 5.77. The number of ether oxygens (including phenoxy) is 2. The molecule has 0 amide bonds. The Hall–Kier alpha value is -1.94. The molecule has 12 heteroatoms. The Kier molecular flexibility index (Phi) is 7.97. The summed E-state index contributed by atoms with van der Waals surface area (Å²) in [5.74, 6) is -3.46. The Balaban J connectivity index is 2.81. The second-order valence-electron chi connectivity index (χ2n) is 6.27. The largest absolute Gasteiger partial charge is 0.505 e. The van der Waals surface area contributed by atoms with Gasteiger partial charge >= 0.3 is 19.6 Å². The second-order valence-corrected chi connectivity index (χ2v) is 9.03. The van der Waals surface area contributed by atoms with E-state index in [9.17, 15) is 29.2 Å². The molecule has 2 atom stereocenters. The standard InChI is InChI=1S/C15H25N2O9P/c1-9(18)6-7-11(20)24-8-10(19)13-12(21)14(15(22)25-13)26-27(23,16(2)3)17(4)5/h10,13,19,21H,6-8H2,1-5H3. The summed E-state index contributed by atoms with van der Waals surface area (Å²) in [7, 11) is 2.21. The topological polar surface area (TPSA) is 143 Å². The molecule has 2 unspecified atom stereocenters. The molecule has 0 spiro atoms. The first kappa shape index (κ1) is 23.1. The highest BCUT2D eigenvalue weighted by atomic mass is 31.2. The Labute approximate surface area is 157 Å². The van der Waals surface area contributed by atoms with Crippen LogP contribution < -0.4 is 0 Å². The number of nitrogens with zero attached hydrogens (tertiary/aromatic N) is 2. The summed E-state index contributed by atoms with van der Waals surface area (Å²) in [5.41, 5.74) is 0. The van der Waals surface area contributed by atoms with Crippen LogP contribution in [0.4, 0.5) is 0 Å². The van der Waals surface area contributed by atoms with Crippen LogP contribution in [0.15, 0.2) is 11.5 Å². The normalized spacial score (nSPS) is 18.7. The third-order valence-electron chi connectivity index (χ3n) is 3.59. The van der Waals surface area contributed by atoms with Crippen molar-refractivity contribution in [3.8, 4) is 0 Å². The molecule has 2 N–H and O–H groups in total. The lowest BCUT2D eigenvalue weighted by atomic mass is 10.2. The van der Waals surface area contributed by atoms with Crippen molar-refractivity contribution in [3.63, 3.8) is 0 Å². The average molecular weight is 408 g/mol. The molecule has 1 heterocycles. The number of esters is 2. The number of carbonyl (C=O) groups excluding carboxylic acids is 3. The van der Waals surface area contributed by atoms with Crippen molar-refractivity contribution in [2.24, 2.45) is 0 Å². The van der Waals surface area contributed by atoms with Gasteiger partial charge in [0.15, 0.2) is 11.9 Å². The average Bonchev–Trinajstić information content (AvgIpc) is 2.85. The van der Waals surface area contributed by atoms with Gasteiger partial charge < -0.3 is 29.0 Å². The maximum atomic E-state index is 12.8. The molecule has 1 aliphatic heterocycles. The number of ketones is 1. The number of aliphatic hydroxyl groups is 2. The monoisotopic (exact) mass is 408 g/mol. The van der Waals surface area contributed by atoms with Crippen molar-refractivity contribution >= 4 is 25.4 Å². The van der Waals surface area contributed by atoms with Gasteiger partial charge in [-0.05, 0) is 35.1 Å². The Bertz CT molecular complexity index is 662. The predicted octanol–water partition coefficient (Wildman–Crippen LogP) is 0.203. The van der Waals surface area contributed by atoms with Crippen LogP contribution in [0.3, 0.4) is 0 Å². The maximum absolute atomic E-state index is 12.8. The second kappa shape index (κ2) is 9.32. The molecule has 0 bridgehead atoms. The van der Waals surface area contributed by atoms with Crippen LogP contribution in [-0.4, -0.2) is 84.3 Å². The molecule has 27 heavy (non-hydrogen) atoms. The Morgan fingerprint density at radius 2 is 1.78 bits per heavy atom. The number of carbonyl (C=O) groups is 3. The van der Waals surface area contributed by atoms with Gasteiger partial charge in [-0.2, -0.15) is 0 Å². The van der Waals surface area contributed by atoms with Crippen LogP contribution in [0.25, 0.3) is 0 Å². The van der Waals surface area contributed by atoms with Crippen LogP contribution in [-0.2, 0) is 32.9 Å². The Morgan fingerprint density at radius 1 is 1.22 bits per heavy atom. The van der Waals surface area contributed by atoms with Crippen molar-refractivity contribution in [2.75, 3.05) is 34.8 Å². The zero-order valence-corrected chi connectivity index (χ0v) is 16.8. The molecule has 0 saturated heterocycles. The molecule has 0 aromatic rings. The fourth-order valence-electron chi connectivity index (χ4n) is 2.06. The van der Waals surface area contributed by atoms with E-state index in [1.165, 1.54) is 44.5 Å². The van der Waals surface area contributed by atoms with E-state index in [0.29, 0.717) is 0 Å². The molecule has 11 nitrogen and oxygen atoms in total. The first-order chi connectivity index (χ1) is 12.4. The van der Waals surface area contributed by atoms with Gasteiger partial charge in [-0.1, -0.05) is 0 Å². The lowest BCUT2D eigenvalue weighted by Gasteiger charge is -2.29. The molecule has 0 saturated carbocycles. The zero-order valence-electron chi connectivity index (χ0n) is 15.9. The SMILES string of the molecule is CC(=O)CCC(=O)OCC(O)C1OC(=O)C(OP(=O)(N(C)C)N(C)C)=C1O. The van der Waals surface area contributed by atoms with E-state index in [-0.39, 0.29) is 18.6 Å². The zero-order chi connectivity index (χ0) is 20.9. The number of rotatable bonds is 10. The highest BCUT2D eigenvalue weighted by Crippen LogP contribution is 2.53. The molecule has 154 valence electrons. The molecular formula is C15H25N2O9P. The summed E-state index contributed by atoms with van der Waals surface area (Å²) < 4.78 is 30.1. The van der Waals surface area contributed by atoms with Crippen molar-refractivity contribution in [1.82, 2.24) is 9.34 Å². The minimum Gasteiger partial charge on any atom is -0.505 e. The van der Waals surface area contributed by atoms with Gasteiger partial charge in [-0.15, -0.1) is 0 Å². The lowest BCUT2D eigenvalue weighted by Crippen LogP contribution is -2.33. The number of Topliss-reactive ketones (excluding diaryl/α,β-unsaturated/α-hetero) is 1. The summed E-state index contributed by atoms with van der Waals surface area (Å²) in [6, 6.07) is 0. The van der Waals surface area contributed by atoms with Crippen LogP contribution in [0.2, 0.25) is 0 Å². The number of aliphatic hydroxyl groups excluding tert-OH is 2. The van der Waals surface area contributed by atoms with Gasteiger partial charge in [0.25, 0.3) is 5.76 Å². The van der Waals surface area contributed by atoms with Crippen molar-refractivity contribution < 1.29 is 43.2 Å². The molecule has 1 rings (SSSR count). The van der Waals surface area contributed by atoms with E-state index in [2.05, 4.69) is 0 Å². The summed E-state index contributed by atoms with van der Waals surface area (Å²) in [6.45, 7) is 0.746. The number of hydrogen-bond acceptors (Lipinski definition) is 9. The highest BCUT2D eigenvalue weighted by molar-refractivity contribution is 7.54. The molecule has 1 aliphatic rings. The van der Waals surface area contributed by atoms with E-state index in [0.717, 1.165) is 0 Å². The van der Waals surface area contributed by atoms with Crippen LogP contribution in [0.1, 0.15) is 19.8 Å². The van der Waals surface area contributed by atoms with Gasteiger partial charge in [-0.25, -0.2) is 18.7 Å². The number of cyclic esters (lactones) is 1. The minimum atomic E-state index is -3.64.